The summed E-state index contributed by atoms with van der Waals surface area (Å²) in [5.74, 6) is 0. The van der Waals surface area contributed by atoms with E-state index in [1.807, 2.05) is 0 Å². The molecular formula is C16H25BrN2. The summed E-state index contributed by atoms with van der Waals surface area (Å²) in [6.07, 6.45) is 4.84. The Balaban J connectivity index is 2.34. The predicted octanol–water partition coefficient (Wildman–Crippen LogP) is 4.02. The topological polar surface area (TPSA) is 29.3 Å². The minimum Gasteiger partial charge on any atom is -0.326 e. The highest BCUT2D eigenvalue weighted by Crippen LogP contribution is 2.34. The van der Waals surface area contributed by atoms with E-state index in [9.17, 15) is 0 Å². The van der Waals surface area contributed by atoms with Crippen LogP contribution in [0.2, 0.25) is 0 Å². The Hall–Kier alpha value is -0.380. The molecule has 106 valence electrons. The maximum absolute atomic E-state index is 6.48. The summed E-state index contributed by atoms with van der Waals surface area (Å²) < 4.78 is 1.20. The summed E-state index contributed by atoms with van der Waals surface area (Å²) in [7, 11) is 0. The smallest absolute Gasteiger partial charge is 0.0510 e. The fourth-order valence-corrected chi connectivity index (χ4v) is 3.83. The van der Waals surface area contributed by atoms with Crippen molar-refractivity contribution in [1.29, 1.82) is 0 Å². The fourth-order valence-electron chi connectivity index (χ4n) is 3.10. The Kier molecular flexibility index (Phi) is 5.43. The van der Waals surface area contributed by atoms with Crippen molar-refractivity contribution in [2.75, 3.05) is 13.1 Å². The summed E-state index contributed by atoms with van der Waals surface area (Å²) in [6, 6.07) is 7.25. The third-order valence-corrected chi connectivity index (χ3v) is 4.70. The van der Waals surface area contributed by atoms with Gasteiger partial charge in [-0.25, -0.2) is 0 Å². The zero-order chi connectivity index (χ0) is 13.8. The lowest BCUT2D eigenvalue weighted by atomic mass is 9.95. The Morgan fingerprint density at radius 3 is 2.84 bits per heavy atom. The zero-order valence-corrected chi connectivity index (χ0v) is 13.6. The van der Waals surface area contributed by atoms with E-state index >= 15 is 0 Å². The van der Waals surface area contributed by atoms with Gasteiger partial charge in [0.05, 0.1) is 6.04 Å². The molecule has 0 amide bonds. The minimum atomic E-state index is 0.244. The number of likely N-dealkylation sites (tertiary alicyclic amines) is 1. The van der Waals surface area contributed by atoms with Crippen LogP contribution in [-0.2, 0) is 0 Å². The second-order valence-corrected chi connectivity index (χ2v) is 6.52. The maximum atomic E-state index is 6.48. The highest BCUT2D eigenvalue weighted by atomic mass is 79.9. The van der Waals surface area contributed by atoms with Gasteiger partial charge in [0.25, 0.3) is 0 Å². The first-order chi connectivity index (χ1) is 9.13. The van der Waals surface area contributed by atoms with Crippen LogP contribution in [0.5, 0.6) is 0 Å². The number of hydrogen-bond donors (Lipinski definition) is 1. The first kappa shape index (κ1) is 15.0. The summed E-state index contributed by atoms with van der Waals surface area (Å²) in [6.45, 7) is 6.69. The van der Waals surface area contributed by atoms with Crippen molar-refractivity contribution in [2.24, 2.45) is 5.73 Å². The summed E-state index contributed by atoms with van der Waals surface area (Å²) >= 11 is 3.73. The maximum Gasteiger partial charge on any atom is 0.0510 e. The van der Waals surface area contributed by atoms with Crippen LogP contribution in [0.15, 0.2) is 22.7 Å². The van der Waals surface area contributed by atoms with E-state index in [-0.39, 0.29) is 6.04 Å². The van der Waals surface area contributed by atoms with Gasteiger partial charge in [-0.15, -0.1) is 0 Å². The Morgan fingerprint density at radius 2 is 2.16 bits per heavy atom. The van der Waals surface area contributed by atoms with Crippen LogP contribution in [0.1, 0.15) is 49.8 Å². The molecule has 0 aliphatic carbocycles. The molecule has 0 bridgehead atoms. The van der Waals surface area contributed by atoms with Crippen LogP contribution in [-0.4, -0.2) is 24.0 Å². The van der Waals surface area contributed by atoms with Crippen LogP contribution in [0.25, 0.3) is 0 Å². The number of nitrogens with two attached hydrogens (primary N) is 1. The molecular weight excluding hydrogens is 300 g/mol. The molecule has 2 atom stereocenters. The monoisotopic (exact) mass is 324 g/mol. The van der Waals surface area contributed by atoms with Crippen molar-refractivity contribution < 1.29 is 0 Å². The van der Waals surface area contributed by atoms with E-state index < -0.39 is 0 Å². The lowest BCUT2D eigenvalue weighted by molar-refractivity contribution is 0.185. The van der Waals surface area contributed by atoms with Gasteiger partial charge in [0.2, 0.25) is 0 Å². The third-order valence-electron chi connectivity index (χ3n) is 4.02. The quantitative estimate of drug-likeness (QED) is 0.909. The molecule has 2 N–H and O–H groups in total. The van der Waals surface area contributed by atoms with Crippen molar-refractivity contribution >= 4 is 15.9 Å². The van der Waals surface area contributed by atoms with Gasteiger partial charge in [0.1, 0.15) is 0 Å². The van der Waals surface area contributed by atoms with Gasteiger partial charge in [-0.1, -0.05) is 41.4 Å². The van der Waals surface area contributed by atoms with Crippen molar-refractivity contribution in [1.82, 2.24) is 4.90 Å². The van der Waals surface area contributed by atoms with E-state index in [0.29, 0.717) is 6.04 Å². The van der Waals surface area contributed by atoms with E-state index in [0.717, 1.165) is 13.0 Å². The molecule has 1 aromatic rings. The number of aryl methyl sites for hydroxylation is 1. The van der Waals surface area contributed by atoms with Crippen molar-refractivity contribution in [2.45, 2.75) is 51.6 Å². The largest absolute Gasteiger partial charge is 0.326 e. The van der Waals surface area contributed by atoms with E-state index in [1.165, 1.54) is 41.4 Å². The van der Waals surface area contributed by atoms with E-state index in [2.05, 4.69) is 52.9 Å². The molecule has 1 aliphatic heterocycles. The first-order valence-electron chi connectivity index (χ1n) is 7.39. The Bertz CT molecular complexity index is 419. The second-order valence-electron chi connectivity index (χ2n) is 5.67. The minimum absolute atomic E-state index is 0.244. The second kappa shape index (κ2) is 6.87. The van der Waals surface area contributed by atoms with Crippen LogP contribution in [0.3, 0.4) is 0 Å². The number of rotatable bonds is 3. The van der Waals surface area contributed by atoms with Gasteiger partial charge in [-0.3, -0.25) is 4.90 Å². The molecule has 0 aromatic heterocycles. The highest BCUT2D eigenvalue weighted by molar-refractivity contribution is 9.10. The zero-order valence-electron chi connectivity index (χ0n) is 12.0. The molecule has 19 heavy (non-hydrogen) atoms. The van der Waals surface area contributed by atoms with Gasteiger partial charge < -0.3 is 5.73 Å². The Labute approximate surface area is 125 Å². The van der Waals surface area contributed by atoms with Gasteiger partial charge in [0, 0.05) is 10.5 Å². The number of nitrogens with zero attached hydrogens (tertiary/aromatic N) is 1. The average molecular weight is 325 g/mol. The number of halogens is 1. The van der Waals surface area contributed by atoms with Crippen LogP contribution >= 0.6 is 15.9 Å². The number of benzene rings is 1. The molecule has 1 fully saturated rings. The molecule has 2 unspecified atom stereocenters. The van der Waals surface area contributed by atoms with Crippen molar-refractivity contribution in [3.8, 4) is 0 Å². The molecule has 1 aliphatic rings. The normalized spacial score (nSPS) is 25.3. The van der Waals surface area contributed by atoms with Crippen LogP contribution in [0, 0.1) is 6.92 Å². The summed E-state index contributed by atoms with van der Waals surface area (Å²) in [4.78, 5) is 2.58. The van der Waals surface area contributed by atoms with E-state index in [4.69, 9.17) is 5.73 Å². The van der Waals surface area contributed by atoms with E-state index in [1.54, 1.807) is 0 Å². The standard InChI is InChI=1S/C16H25BrN2/c1-3-9-19-10-5-4-6-15(18)16(19)13-8-7-12(2)11-14(13)17/h7-8,11,15-16H,3-6,9-10,18H2,1-2H3. The van der Waals surface area contributed by atoms with Gasteiger partial charge in [-0.2, -0.15) is 0 Å². The van der Waals surface area contributed by atoms with Gasteiger partial charge >= 0.3 is 0 Å². The molecule has 0 saturated carbocycles. The average Bonchev–Trinajstić information content (AvgIpc) is 2.53. The molecule has 3 heteroatoms. The lowest BCUT2D eigenvalue weighted by Gasteiger charge is -2.34. The number of hydrogen-bond acceptors (Lipinski definition) is 2. The molecule has 0 radical (unpaired) electrons. The summed E-state index contributed by atoms with van der Waals surface area (Å²) in [5.41, 5.74) is 9.12. The Morgan fingerprint density at radius 1 is 1.37 bits per heavy atom. The fraction of sp³-hybridized carbons (Fsp3) is 0.625. The third kappa shape index (κ3) is 3.59. The van der Waals surface area contributed by atoms with Crippen molar-refractivity contribution in [3.05, 3.63) is 33.8 Å². The molecule has 1 aromatic carbocycles. The SMILES string of the molecule is CCCN1CCCCC(N)C1c1ccc(C)cc1Br. The van der Waals surface area contributed by atoms with Crippen LogP contribution in [0.4, 0.5) is 0 Å². The van der Waals surface area contributed by atoms with Gasteiger partial charge in [0.15, 0.2) is 0 Å². The molecule has 1 saturated heterocycles. The van der Waals surface area contributed by atoms with Crippen LogP contribution < -0.4 is 5.73 Å². The van der Waals surface area contributed by atoms with Gasteiger partial charge in [-0.05, 0) is 56.5 Å². The molecule has 2 rings (SSSR count). The first-order valence-corrected chi connectivity index (χ1v) is 8.18. The molecule has 2 nitrogen and oxygen atoms in total. The predicted molar refractivity (Wildman–Crippen MR) is 85.3 cm³/mol. The lowest BCUT2D eigenvalue weighted by Crippen LogP contribution is -2.40. The summed E-state index contributed by atoms with van der Waals surface area (Å²) in [5, 5.41) is 0. The highest BCUT2D eigenvalue weighted by Gasteiger charge is 2.29. The van der Waals surface area contributed by atoms with Crippen molar-refractivity contribution in [3.63, 3.8) is 0 Å². The molecule has 0 spiro atoms. The molecule has 1 heterocycles.